The first-order valence-electron chi connectivity index (χ1n) is 5.99. The number of rotatable bonds is 5. The molecular weight excluding hydrogens is 232 g/mol. The van der Waals surface area contributed by atoms with Crippen LogP contribution < -0.4 is 5.32 Å². The number of carbonyl (C=O) groups is 2. The number of hydrogen-bond acceptors (Lipinski definition) is 2. The van der Waals surface area contributed by atoms with Gasteiger partial charge in [0.2, 0.25) is 0 Å². The maximum Gasteiger partial charge on any atom is 0.326 e. The van der Waals surface area contributed by atoms with Crippen LogP contribution >= 0.6 is 0 Å². The summed E-state index contributed by atoms with van der Waals surface area (Å²) in [5, 5.41) is 11.6. The van der Waals surface area contributed by atoms with Crippen molar-refractivity contribution in [1.29, 1.82) is 0 Å². The SMILES string of the molecule is Cc1ccc(C(=O)N[C@@H](CC(C)C)C(=O)O)n1C. The first kappa shape index (κ1) is 14.3. The summed E-state index contributed by atoms with van der Waals surface area (Å²) in [5.41, 5.74) is 1.43. The predicted molar refractivity (Wildman–Crippen MR) is 68.5 cm³/mol. The summed E-state index contributed by atoms with van der Waals surface area (Å²) in [4.78, 5) is 23.1. The Balaban J connectivity index is 2.79. The van der Waals surface area contributed by atoms with Gasteiger partial charge < -0.3 is 15.0 Å². The molecule has 0 saturated heterocycles. The monoisotopic (exact) mass is 252 g/mol. The van der Waals surface area contributed by atoms with Crippen molar-refractivity contribution in [2.75, 3.05) is 0 Å². The fourth-order valence-corrected chi connectivity index (χ4v) is 1.77. The molecule has 5 nitrogen and oxygen atoms in total. The van der Waals surface area contributed by atoms with Gasteiger partial charge in [0, 0.05) is 12.7 Å². The fraction of sp³-hybridized carbons (Fsp3) is 0.538. The minimum atomic E-state index is -0.997. The van der Waals surface area contributed by atoms with Crippen LogP contribution in [0, 0.1) is 12.8 Å². The second-order valence-corrected chi connectivity index (χ2v) is 4.91. The van der Waals surface area contributed by atoms with E-state index >= 15 is 0 Å². The van der Waals surface area contributed by atoms with Crippen molar-refractivity contribution in [1.82, 2.24) is 9.88 Å². The number of nitrogens with one attached hydrogen (secondary N) is 1. The largest absolute Gasteiger partial charge is 0.480 e. The van der Waals surface area contributed by atoms with E-state index in [1.54, 1.807) is 17.7 Å². The summed E-state index contributed by atoms with van der Waals surface area (Å²) in [5.74, 6) is -1.14. The van der Waals surface area contributed by atoms with E-state index in [-0.39, 0.29) is 11.8 Å². The van der Waals surface area contributed by atoms with Crippen molar-refractivity contribution < 1.29 is 14.7 Å². The lowest BCUT2D eigenvalue weighted by atomic mass is 10.0. The zero-order chi connectivity index (χ0) is 13.9. The van der Waals surface area contributed by atoms with Crippen molar-refractivity contribution in [3.05, 3.63) is 23.5 Å². The van der Waals surface area contributed by atoms with Crippen LogP contribution in [0.15, 0.2) is 12.1 Å². The molecule has 1 aromatic rings. The summed E-state index contributed by atoms with van der Waals surface area (Å²) in [6.45, 7) is 5.74. The Kier molecular flexibility index (Phi) is 4.53. The van der Waals surface area contributed by atoms with Crippen LogP contribution in [0.1, 0.15) is 36.5 Å². The normalized spacial score (nSPS) is 12.5. The minimum absolute atomic E-state index is 0.210. The van der Waals surface area contributed by atoms with Gasteiger partial charge in [0.05, 0.1) is 0 Å². The molecule has 0 aliphatic rings. The van der Waals surface area contributed by atoms with Crippen LogP contribution in [0.5, 0.6) is 0 Å². The fourth-order valence-electron chi connectivity index (χ4n) is 1.77. The molecular formula is C13H20N2O3. The summed E-state index contributed by atoms with van der Waals surface area (Å²) in [6, 6.07) is 2.68. The van der Waals surface area contributed by atoms with Gasteiger partial charge in [0.15, 0.2) is 0 Å². The van der Waals surface area contributed by atoms with E-state index in [2.05, 4.69) is 5.32 Å². The van der Waals surface area contributed by atoms with Crippen LogP contribution in [-0.2, 0) is 11.8 Å². The minimum Gasteiger partial charge on any atom is -0.480 e. The van der Waals surface area contributed by atoms with Crippen molar-refractivity contribution in [2.24, 2.45) is 13.0 Å². The zero-order valence-corrected chi connectivity index (χ0v) is 11.2. The van der Waals surface area contributed by atoms with Gasteiger partial charge in [-0.15, -0.1) is 0 Å². The van der Waals surface area contributed by atoms with Gasteiger partial charge >= 0.3 is 5.97 Å². The van der Waals surface area contributed by atoms with E-state index < -0.39 is 12.0 Å². The topological polar surface area (TPSA) is 71.3 Å². The average molecular weight is 252 g/mol. The number of amides is 1. The van der Waals surface area contributed by atoms with Crippen LogP contribution in [0.25, 0.3) is 0 Å². The summed E-state index contributed by atoms with van der Waals surface area (Å²) in [6.07, 6.45) is 0.421. The van der Waals surface area contributed by atoms with E-state index in [0.29, 0.717) is 12.1 Å². The molecule has 0 radical (unpaired) electrons. The number of aliphatic carboxylic acids is 1. The molecule has 1 aromatic heterocycles. The number of carbonyl (C=O) groups excluding carboxylic acids is 1. The average Bonchev–Trinajstić information content (AvgIpc) is 2.58. The van der Waals surface area contributed by atoms with Crippen molar-refractivity contribution in [3.8, 4) is 0 Å². The van der Waals surface area contributed by atoms with Gasteiger partial charge in [-0.25, -0.2) is 4.79 Å². The van der Waals surface area contributed by atoms with Crippen LogP contribution in [0.4, 0.5) is 0 Å². The summed E-state index contributed by atoms with van der Waals surface area (Å²) < 4.78 is 1.74. The number of aromatic nitrogens is 1. The Morgan fingerprint density at radius 3 is 2.39 bits per heavy atom. The van der Waals surface area contributed by atoms with E-state index in [4.69, 9.17) is 5.11 Å². The number of nitrogens with zero attached hydrogens (tertiary/aromatic N) is 1. The van der Waals surface area contributed by atoms with Crippen LogP contribution in [-0.4, -0.2) is 27.6 Å². The summed E-state index contributed by atoms with van der Waals surface area (Å²) in [7, 11) is 1.78. The Bertz CT molecular complexity index is 449. The highest BCUT2D eigenvalue weighted by molar-refractivity contribution is 5.95. The van der Waals surface area contributed by atoms with E-state index in [0.717, 1.165) is 5.69 Å². The molecule has 1 atom stereocenters. The quantitative estimate of drug-likeness (QED) is 0.835. The Labute approximate surface area is 107 Å². The predicted octanol–water partition coefficient (Wildman–Crippen LogP) is 1.56. The maximum atomic E-state index is 12.0. The van der Waals surface area contributed by atoms with Gasteiger partial charge in [-0.1, -0.05) is 13.8 Å². The molecule has 0 aromatic carbocycles. The van der Waals surface area contributed by atoms with Gasteiger partial charge in [-0.3, -0.25) is 4.79 Å². The van der Waals surface area contributed by atoms with E-state index in [1.165, 1.54) is 0 Å². The molecule has 0 bridgehead atoms. The molecule has 1 heterocycles. The molecule has 2 N–H and O–H groups in total. The summed E-state index contributed by atoms with van der Waals surface area (Å²) >= 11 is 0. The van der Waals surface area contributed by atoms with Crippen molar-refractivity contribution in [3.63, 3.8) is 0 Å². The molecule has 5 heteroatoms. The molecule has 0 fully saturated rings. The van der Waals surface area contributed by atoms with Crippen LogP contribution in [0.3, 0.4) is 0 Å². The van der Waals surface area contributed by atoms with Crippen molar-refractivity contribution in [2.45, 2.75) is 33.2 Å². The lowest BCUT2D eigenvalue weighted by Gasteiger charge is -2.16. The second kappa shape index (κ2) is 5.71. The zero-order valence-electron chi connectivity index (χ0n) is 11.2. The number of hydrogen-bond donors (Lipinski definition) is 2. The lowest BCUT2D eigenvalue weighted by molar-refractivity contribution is -0.139. The van der Waals surface area contributed by atoms with Gasteiger partial charge in [0.25, 0.3) is 5.91 Å². The molecule has 1 rings (SSSR count). The first-order valence-corrected chi connectivity index (χ1v) is 5.99. The highest BCUT2D eigenvalue weighted by Crippen LogP contribution is 2.09. The number of aryl methyl sites for hydroxylation is 1. The Morgan fingerprint density at radius 2 is 2.00 bits per heavy atom. The maximum absolute atomic E-state index is 12.0. The third kappa shape index (κ3) is 3.35. The highest BCUT2D eigenvalue weighted by Gasteiger charge is 2.22. The molecule has 0 spiro atoms. The number of carboxylic acid groups (broad SMARTS) is 1. The van der Waals surface area contributed by atoms with Crippen molar-refractivity contribution >= 4 is 11.9 Å². The Hall–Kier alpha value is -1.78. The molecule has 0 saturated carbocycles. The highest BCUT2D eigenvalue weighted by atomic mass is 16.4. The van der Waals surface area contributed by atoms with Gasteiger partial charge in [-0.2, -0.15) is 0 Å². The first-order chi connectivity index (χ1) is 8.32. The smallest absolute Gasteiger partial charge is 0.326 e. The van der Waals surface area contributed by atoms with E-state index in [1.807, 2.05) is 26.8 Å². The molecule has 0 aliphatic heterocycles. The molecule has 18 heavy (non-hydrogen) atoms. The third-order valence-electron chi connectivity index (χ3n) is 2.92. The van der Waals surface area contributed by atoms with Gasteiger partial charge in [-0.05, 0) is 31.4 Å². The van der Waals surface area contributed by atoms with Crippen LogP contribution in [0.2, 0.25) is 0 Å². The number of carboxylic acids is 1. The Morgan fingerprint density at radius 1 is 1.39 bits per heavy atom. The molecule has 0 unspecified atom stereocenters. The lowest BCUT2D eigenvalue weighted by Crippen LogP contribution is -2.42. The van der Waals surface area contributed by atoms with E-state index in [9.17, 15) is 9.59 Å². The molecule has 0 aliphatic carbocycles. The molecule has 1 amide bonds. The second-order valence-electron chi connectivity index (χ2n) is 4.91. The third-order valence-corrected chi connectivity index (χ3v) is 2.92. The standard InChI is InChI=1S/C13H20N2O3/c1-8(2)7-10(13(17)18)14-12(16)11-6-5-9(3)15(11)4/h5-6,8,10H,7H2,1-4H3,(H,14,16)(H,17,18)/t10-/m0/s1. The van der Waals surface area contributed by atoms with Gasteiger partial charge in [0.1, 0.15) is 11.7 Å². The molecule has 100 valence electrons.